The van der Waals surface area contributed by atoms with Crippen LogP contribution in [0.15, 0.2) is 54.7 Å². The number of benzene rings is 2. The topological polar surface area (TPSA) is 46.9 Å². The van der Waals surface area contributed by atoms with Crippen molar-refractivity contribution < 1.29 is 9.18 Å². The first-order valence-electron chi connectivity index (χ1n) is 7.06. The molecule has 0 fully saturated rings. The fraction of sp³-hybridized carbons (Fsp3) is 0.0588. The first-order chi connectivity index (χ1) is 11.5. The van der Waals surface area contributed by atoms with E-state index in [1.165, 1.54) is 12.1 Å². The molecule has 1 heterocycles. The van der Waals surface area contributed by atoms with Gasteiger partial charge in [0.25, 0.3) is 5.91 Å². The molecule has 0 atom stereocenters. The first kappa shape index (κ1) is 16.5. The highest BCUT2D eigenvalue weighted by atomic mass is 35.5. The highest BCUT2D eigenvalue weighted by Gasteiger charge is 2.13. The average molecular weight is 364 g/mol. The molecule has 1 amide bonds. The van der Waals surface area contributed by atoms with E-state index in [0.29, 0.717) is 17.4 Å². The van der Waals surface area contributed by atoms with Crippen molar-refractivity contribution in [2.24, 2.45) is 0 Å². The van der Waals surface area contributed by atoms with Crippen molar-refractivity contribution in [2.45, 2.75) is 6.54 Å². The zero-order valence-electron chi connectivity index (χ0n) is 12.3. The van der Waals surface area contributed by atoms with Crippen LogP contribution in [-0.2, 0) is 6.54 Å². The van der Waals surface area contributed by atoms with Gasteiger partial charge in [-0.15, -0.1) is 0 Å². The Hall–Kier alpha value is -2.37. The van der Waals surface area contributed by atoms with Crippen molar-refractivity contribution in [1.82, 2.24) is 9.78 Å². The number of amides is 1. The number of rotatable bonds is 4. The van der Waals surface area contributed by atoms with Crippen LogP contribution in [0.5, 0.6) is 0 Å². The Morgan fingerprint density at radius 1 is 1.17 bits per heavy atom. The van der Waals surface area contributed by atoms with Crippen LogP contribution in [0.1, 0.15) is 15.9 Å². The molecule has 0 aliphatic heterocycles. The summed E-state index contributed by atoms with van der Waals surface area (Å²) in [7, 11) is 0. The van der Waals surface area contributed by atoms with Crippen LogP contribution in [0.2, 0.25) is 10.0 Å². The molecule has 122 valence electrons. The molecule has 0 aliphatic rings. The van der Waals surface area contributed by atoms with Gasteiger partial charge in [-0.3, -0.25) is 9.48 Å². The Morgan fingerprint density at radius 3 is 2.75 bits per heavy atom. The van der Waals surface area contributed by atoms with E-state index in [0.717, 1.165) is 5.56 Å². The van der Waals surface area contributed by atoms with Crippen LogP contribution in [0.3, 0.4) is 0 Å². The fourth-order valence-electron chi connectivity index (χ4n) is 2.20. The molecule has 7 heteroatoms. The third kappa shape index (κ3) is 3.75. The second kappa shape index (κ2) is 7.03. The van der Waals surface area contributed by atoms with Gasteiger partial charge in [-0.1, -0.05) is 41.4 Å². The van der Waals surface area contributed by atoms with E-state index in [4.69, 9.17) is 23.2 Å². The van der Waals surface area contributed by atoms with E-state index in [2.05, 4.69) is 10.4 Å². The zero-order chi connectivity index (χ0) is 17.1. The lowest BCUT2D eigenvalue weighted by Gasteiger charge is -2.05. The van der Waals surface area contributed by atoms with Crippen LogP contribution in [0, 0.1) is 5.82 Å². The summed E-state index contributed by atoms with van der Waals surface area (Å²) in [4.78, 5) is 12.2. The fourth-order valence-corrected chi connectivity index (χ4v) is 2.59. The van der Waals surface area contributed by atoms with Crippen LogP contribution < -0.4 is 5.32 Å². The lowest BCUT2D eigenvalue weighted by atomic mass is 10.2. The first-order valence-corrected chi connectivity index (χ1v) is 7.82. The van der Waals surface area contributed by atoms with Crippen molar-refractivity contribution in [2.75, 3.05) is 5.32 Å². The van der Waals surface area contributed by atoms with Crippen molar-refractivity contribution >= 4 is 34.9 Å². The average Bonchev–Trinajstić information content (AvgIpc) is 2.97. The van der Waals surface area contributed by atoms with Crippen molar-refractivity contribution in [3.8, 4) is 0 Å². The van der Waals surface area contributed by atoms with Gasteiger partial charge >= 0.3 is 0 Å². The highest BCUT2D eigenvalue weighted by Crippen LogP contribution is 2.26. The zero-order valence-corrected chi connectivity index (χ0v) is 13.9. The summed E-state index contributed by atoms with van der Waals surface area (Å²) in [6.45, 7) is 0.394. The highest BCUT2D eigenvalue weighted by molar-refractivity contribution is 6.44. The Kier molecular flexibility index (Phi) is 4.83. The largest absolute Gasteiger partial charge is 0.305 e. The Balaban J connectivity index is 1.72. The molecule has 0 spiro atoms. The summed E-state index contributed by atoms with van der Waals surface area (Å²) < 4.78 is 14.8. The molecule has 0 saturated carbocycles. The molecule has 24 heavy (non-hydrogen) atoms. The van der Waals surface area contributed by atoms with Crippen molar-refractivity contribution in [1.29, 1.82) is 0 Å². The predicted octanol–water partition coefficient (Wildman–Crippen LogP) is 4.63. The third-order valence-electron chi connectivity index (χ3n) is 3.31. The van der Waals surface area contributed by atoms with Gasteiger partial charge in [0.1, 0.15) is 5.82 Å². The number of hydrogen-bond donors (Lipinski definition) is 1. The van der Waals surface area contributed by atoms with Crippen molar-refractivity contribution in [3.63, 3.8) is 0 Å². The SMILES string of the molecule is O=C(Nc1ccn(Cc2cccc(F)c2)n1)c1cccc(Cl)c1Cl. The van der Waals surface area contributed by atoms with Crippen LogP contribution >= 0.6 is 23.2 Å². The van der Waals surface area contributed by atoms with E-state index in [-0.39, 0.29) is 16.4 Å². The number of anilines is 1. The maximum atomic E-state index is 13.2. The Morgan fingerprint density at radius 2 is 1.96 bits per heavy atom. The normalized spacial score (nSPS) is 10.6. The Labute approximate surface area is 147 Å². The Bertz CT molecular complexity index is 895. The summed E-state index contributed by atoms with van der Waals surface area (Å²) in [5, 5.41) is 7.39. The quantitative estimate of drug-likeness (QED) is 0.734. The van der Waals surface area contributed by atoms with Gasteiger partial charge in [-0.05, 0) is 29.8 Å². The number of aromatic nitrogens is 2. The third-order valence-corrected chi connectivity index (χ3v) is 4.13. The summed E-state index contributed by atoms with van der Waals surface area (Å²) >= 11 is 11.9. The van der Waals surface area contributed by atoms with Gasteiger partial charge < -0.3 is 5.32 Å². The monoisotopic (exact) mass is 363 g/mol. The minimum atomic E-state index is -0.404. The van der Waals surface area contributed by atoms with Crippen LogP contribution in [0.25, 0.3) is 0 Å². The molecule has 4 nitrogen and oxygen atoms in total. The van der Waals surface area contributed by atoms with Crippen LogP contribution in [-0.4, -0.2) is 15.7 Å². The summed E-state index contributed by atoms with van der Waals surface area (Å²) in [5.74, 6) is -0.338. The number of carbonyl (C=O) groups excluding carboxylic acids is 1. The van der Waals surface area contributed by atoms with Crippen molar-refractivity contribution in [3.05, 3.63) is 81.7 Å². The molecule has 1 aromatic heterocycles. The molecule has 0 bridgehead atoms. The number of carbonyl (C=O) groups is 1. The molecule has 0 unspecified atom stereocenters. The molecular weight excluding hydrogens is 352 g/mol. The van der Waals surface area contributed by atoms with Gasteiger partial charge in [-0.2, -0.15) is 5.10 Å². The molecule has 3 aromatic rings. The number of halogens is 3. The maximum absolute atomic E-state index is 13.2. The molecular formula is C17H12Cl2FN3O. The number of hydrogen-bond acceptors (Lipinski definition) is 2. The summed E-state index contributed by atoms with van der Waals surface area (Å²) in [5.41, 5.74) is 1.04. The smallest absolute Gasteiger partial charge is 0.258 e. The second-order valence-electron chi connectivity index (χ2n) is 5.08. The standard InChI is InChI=1S/C17H12Cl2FN3O/c18-14-6-2-5-13(16(14)19)17(24)21-15-7-8-23(22-15)10-11-3-1-4-12(20)9-11/h1-9H,10H2,(H,21,22,24). The van der Waals surface area contributed by atoms with Gasteiger partial charge in [0.15, 0.2) is 5.82 Å². The van der Waals surface area contributed by atoms with Gasteiger partial charge in [0.2, 0.25) is 0 Å². The lowest BCUT2D eigenvalue weighted by Crippen LogP contribution is -2.13. The number of nitrogens with one attached hydrogen (secondary N) is 1. The molecule has 0 aliphatic carbocycles. The summed E-state index contributed by atoms with van der Waals surface area (Å²) in [6.07, 6.45) is 1.69. The molecule has 2 aromatic carbocycles. The van der Waals surface area contributed by atoms with E-state index < -0.39 is 5.91 Å². The van der Waals surface area contributed by atoms with E-state index in [9.17, 15) is 9.18 Å². The molecule has 0 saturated heterocycles. The minimum Gasteiger partial charge on any atom is -0.305 e. The predicted molar refractivity (Wildman–Crippen MR) is 92.1 cm³/mol. The minimum absolute atomic E-state index is 0.191. The van der Waals surface area contributed by atoms with Gasteiger partial charge in [0, 0.05) is 12.3 Å². The van der Waals surface area contributed by atoms with Gasteiger partial charge in [-0.25, -0.2) is 4.39 Å². The van der Waals surface area contributed by atoms with E-state index >= 15 is 0 Å². The molecule has 0 radical (unpaired) electrons. The van der Waals surface area contributed by atoms with E-state index in [1.54, 1.807) is 47.3 Å². The van der Waals surface area contributed by atoms with Gasteiger partial charge in [0.05, 0.1) is 22.2 Å². The second-order valence-corrected chi connectivity index (χ2v) is 5.87. The lowest BCUT2D eigenvalue weighted by molar-refractivity contribution is 0.102. The molecule has 1 N–H and O–H groups in total. The number of nitrogens with zero attached hydrogens (tertiary/aromatic N) is 2. The summed E-state index contributed by atoms with van der Waals surface area (Å²) in [6, 6.07) is 12.7. The maximum Gasteiger partial charge on any atom is 0.258 e. The molecule has 3 rings (SSSR count). The van der Waals surface area contributed by atoms with Crippen LogP contribution in [0.4, 0.5) is 10.2 Å². The van der Waals surface area contributed by atoms with E-state index in [1.807, 2.05) is 0 Å².